The first kappa shape index (κ1) is 14.9. The van der Waals surface area contributed by atoms with Gasteiger partial charge in [0, 0.05) is 24.2 Å². The van der Waals surface area contributed by atoms with Crippen molar-refractivity contribution in [1.29, 1.82) is 0 Å². The van der Waals surface area contributed by atoms with Crippen LogP contribution in [-0.2, 0) is 10.0 Å². The van der Waals surface area contributed by atoms with Crippen LogP contribution in [0, 0.1) is 6.92 Å². The van der Waals surface area contributed by atoms with Gasteiger partial charge < -0.3 is 5.32 Å². The number of hydrogen-bond donors (Lipinski definition) is 2. The molecule has 0 aliphatic heterocycles. The van der Waals surface area contributed by atoms with E-state index in [2.05, 4.69) is 15.0 Å². The SMILES string of the molecule is CNC(C)CNS(=O)(=O)c1cccc2cc(C)cnc12. The molecule has 0 bridgehead atoms. The van der Waals surface area contributed by atoms with E-state index < -0.39 is 10.0 Å². The van der Waals surface area contributed by atoms with E-state index in [0.717, 1.165) is 10.9 Å². The summed E-state index contributed by atoms with van der Waals surface area (Å²) in [4.78, 5) is 4.48. The molecule has 0 aliphatic carbocycles. The van der Waals surface area contributed by atoms with Crippen molar-refractivity contribution >= 4 is 20.9 Å². The zero-order valence-corrected chi connectivity index (χ0v) is 12.7. The van der Waals surface area contributed by atoms with Crippen LogP contribution in [0.3, 0.4) is 0 Å². The molecule has 2 N–H and O–H groups in total. The van der Waals surface area contributed by atoms with Gasteiger partial charge >= 0.3 is 0 Å². The Morgan fingerprint density at radius 1 is 1.35 bits per heavy atom. The smallest absolute Gasteiger partial charge is 0.242 e. The topological polar surface area (TPSA) is 71.1 Å². The normalized spacial score (nSPS) is 13.6. The molecule has 0 saturated carbocycles. The molecule has 0 aliphatic rings. The summed E-state index contributed by atoms with van der Waals surface area (Å²) in [6.45, 7) is 4.18. The second-order valence-corrected chi connectivity index (χ2v) is 6.62. The van der Waals surface area contributed by atoms with E-state index >= 15 is 0 Å². The largest absolute Gasteiger partial charge is 0.316 e. The molecule has 0 fully saturated rings. The second-order valence-electron chi connectivity index (χ2n) is 4.88. The zero-order valence-electron chi connectivity index (χ0n) is 11.8. The van der Waals surface area contributed by atoms with Gasteiger partial charge in [0.15, 0.2) is 0 Å². The van der Waals surface area contributed by atoms with Crippen molar-refractivity contribution in [3.63, 3.8) is 0 Å². The van der Waals surface area contributed by atoms with Gasteiger partial charge in [-0.1, -0.05) is 12.1 Å². The fourth-order valence-corrected chi connectivity index (χ4v) is 3.18. The average Bonchev–Trinajstić information content (AvgIpc) is 2.43. The number of nitrogens with one attached hydrogen (secondary N) is 2. The summed E-state index contributed by atoms with van der Waals surface area (Å²) in [6, 6.07) is 7.17. The lowest BCUT2D eigenvalue weighted by Gasteiger charge is -2.13. The van der Waals surface area contributed by atoms with Crippen LogP contribution < -0.4 is 10.0 Å². The zero-order chi connectivity index (χ0) is 14.8. The summed E-state index contributed by atoms with van der Waals surface area (Å²) < 4.78 is 27.3. The highest BCUT2D eigenvalue weighted by atomic mass is 32.2. The Bertz CT molecular complexity index is 713. The highest BCUT2D eigenvalue weighted by Crippen LogP contribution is 2.21. The van der Waals surface area contributed by atoms with Gasteiger partial charge in [-0.3, -0.25) is 4.98 Å². The number of hydrogen-bond acceptors (Lipinski definition) is 4. The summed E-state index contributed by atoms with van der Waals surface area (Å²) in [6.07, 6.45) is 1.68. The van der Waals surface area contributed by atoms with E-state index in [1.54, 1.807) is 25.4 Å². The Hall–Kier alpha value is -1.50. The molecule has 2 aromatic rings. The fourth-order valence-electron chi connectivity index (χ4n) is 1.87. The Balaban J connectivity index is 2.41. The molecule has 6 heteroatoms. The quantitative estimate of drug-likeness (QED) is 0.875. The first-order valence-corrected chi connectivity index (χ1v) is 7.94. The van der Waals surface area contributed by atoms with Crippen LogP contribution in [-0.4, -0.2) is 33.0 Å². The van der Waals surface area contributed by atoms with Gasteiger partial charge in [0.25, 0.3) is 0 Å². The van der Waals surface area contributed by atoms with Crippen LogP contribution in [0.4, 0.5) is 0 Å². The minimum absolute atomic E-state index is 0.0648. The molecule has 1 aromatic carbocycles. The Labute approximate surface area is 119 Å². The maximum atomic E-state index is 12.4. The second kappa shape index (κ2) is 5.87. The van der Waals surface area contributed by atoms with Gasteiger partial charge in [-0.25, -0.2) is 13.1 Å². The van der Waals surface area contributed by atoms with Crippen molar-refractivity contribution in [2.45, 2.75) is 24.8 Å². The third-order valence-electron chi connectivity index (χ3n) is 3.17. The molecule has 5 nitrogen and oxygen atoms in total. The summed E-state index contributed by atoms with van der Waals surface area (Å²) in [5.74, 6) is 0. The number of aryl methyl sites for hydroxylation is 1. The van der Waals surface area contributed by atoms with Crippen molar-refractivity contribution < 1.29 is 8.42 Å². The minimum atomic E-state index is -3.56. The number of benzene rings is 1. The van der Waals surface area contributed by atoms with Gasteiger partial charge in [-0.15, -0.1) is 0 Å². The van der Waals surface area contributed by atoms with Crippen molar-refractivity contribution in [3.8, 4) is 0 Å². The average molecular weight is 293 g/mol. The van der Waals surface area contributed by atoms with Crippen LogP contribution in [0.2, 0.25) is 0 Å². The summed E-state index contributed by atoms with van der Waals surface area (Å²) in [7, 11) is -1.76. The Kier molecular flexibility index (Phi) is 4.37. The van der Waals surface area contributed by atoms with Gasteiger partial charge in [0.1, 0.15) is 4.90 Å². The predicted octanol–water partition coefficient (Wildman–Crippen LogP) is 1.43. The molecule has 0 saturated heterocycles. The molecule has 1 aromatic heterocycles. The monoisotopic (exact) mass is 293 g/mol. The molecule has 1 unspecified atom stereocenters. The minimum Gasteiger partial charge on any atom is -0.316 e. The predicted molar refractivity (Wildman–Crippen MR) is 80.2 cm³/mol. The van der Waals surface area contributed by atoms with E-state index in [1.165, 1.54) is 0 Å². The highest BCUT2D eigenvalue weighted by Gasteiger charge is 2.18. The summed E-state index contributed by atoms with van der Waals surface area (Å²) >= 11 is 0. The van der Waals surface area contributed by atoms with Crippen LogP contribution >= 0.6 is 0 Å². The first-order valence-electron chi connectivity index (χ1n) is 6.46. The van der Waals surface area contributed by atoms with Crippen molar-refractivity contribution in [3.05, 3.63) is 36.0 Å². The summed E-state index contributed by atoms with van der Waals surface area (Å²) in [5.41, 5.74) is 1.51. The lowest BCUT2D eigenvalue weighted by Crippen LogP contribution is -2.37. The molecule has 108 valence electrons. The highest BCUT2D eigenvalue weighted by molar-refractivity contribution is 7.89. The number of sulfonamides is 1. The molecule has 2 rings (SSSR count). The van der Waals surface area contributed by atoms with E-state index in [1.807, 2.05) is 26.0 Å². The van der Waals surface area contributed by atoms with Crippen LogP contribution in [0.1, 0.15) is 12.5 Å². The van der Waals surface area contributed by atoms with Crippen LogP contribution in [0.25, 0.3) is 10.9 Å². The maximum Gasteiger partial charge on any atom is 0.242 e. The number of pyridine rings is 1. The van der Waals surface area contributed by atoms with E-state index in [0.29, 0.717) is 12.1 Å². The third kappa shape index (κ3) is 3.15. The lowest BCUT2D eigenvalue weighted by atomic mass is 10.2. The van der Waals surface area contributed by atoms with Gasteiger partial charge in [-0.2, -0.15) is 0 Å². The van der Waals surface area contributed by atoms with E-state index in [9.17, 15) is 8.42 Å². The molecule has 1 atom stereocenters. The van der Waals surface area contributed by atoms with Crippen molar-refractivity contribution in [2.75, 3.05) is 13.6 Å². The van der Waals surface area contributed by atoms with Crippen LogP contribution in [0.5, 0.6) is 0 Å². The molecular formula is C14H19N3O2S. The third-order valence-corrected chi connectivity index (χ3v) is 4.63. The maximum absolute atomic E-state index is 12.4. The number of rotatable bonds is 5. The number of likely N-dealkylation sites (N-methyl/N-ethyl adjacent to an activating group) is 1. The number of nitrogens with zero attached hydrogens (tertiary/aromatic N) is 1. The van der Waals surface area contributed by atoms with E-state index in [-0.39, 0.29) is 10.9 Å². The van der Waals surface area contributed by atoms with Gasteiger partial charge in [-0.05, 0) is 38.6 Å². The van der Waals surface area contributed by atoms with Gasteiger partial charge in [0.2, 0.25) is 10.0 Å². The molecule has 0 amide bonds. The Morgan fingerprint density at radius 2 is 2.10 bits per heavy atom. The molecule has 1 heterocycles. The Morgan fingerprint density at radius 3 is 2.80 bits per heavy atom. The van der Waals surface area contributed by atoms with E-state index in [4.69, 9.17) is 0 Å². The number of aromatic nitrogens is 1. The first-order chi connectivity index (χ1) is 9.44. The molecule has 0 radical (unpaired) electrons. The number of para-hydroxylation sites is 1. The van der Waals surface area contributed by atoms with Gasteiger partial charge in [0.05, 0.1) is 5.52 Å². The molecule has 20 heavy (non-hydrogen) atoms. The van der Waals surface area contributed by atoms with Crippen LogP contribution in [0.15, 0.2) is 35.4 Å². The summed E-state index contributed by atoms with van der Waals surface area (Å²) in [5, 5.41) is 3.82. The van der Waals surface area contributed by atoms with Crippen molar-refractivity contribution in [2.24, 2.45) is 0 Å². The standard InChI is InChI=1S/C14H19N3O2S/c1-10-7-12-5-4-6-13(14(12)16-8-10)20(18,19)17-9-11(2)15-3/h4-8,11,15,17H,9H2,1-3H3. The fraction of sp³-hybridized carbons (Fsp3) is 0.357. The molecule has 0 spiro atoms. The number of fused-ring (bicyclic) bond motifs is 1. The molecular weight excluding hydrogens is 274 g/mol. The van der Waals surface area contributed by atoms with Crippen molar-refractivity contribution in [1.82, 2.24) is 15.0 Å². The lowest BCUT2D eigenvalue weighted by molar-refractivity contribution is 0.555.